The van der Waals surface area contributed by atoms with Crippen LogP contribution in [-0.4, -0.2) is 88.1 Å². The Morgan fingerprint density at radius 1 is 0.806 bits per heavy atom. The predicted octanol–water partition coefficient (Wildman–Crippen LogP) is -0.314. The number of carbonyl (C=O) groups excluding carboxylic acids is 3. The molecule has 31 heavy (non-hydrogen) atoms. The lowest BCUT2D eigenvalue weighted by atomic mass is 10.0. The molecule has 0 fully saturated rings. The predicted molar refractivity (Wildman–Crippen MR) is 112 cm³/mol. The Morgan fingerprint density at radius 3 is 1.84 bits per heavy atom. The van der Waals surface area contributed by atoms with E-state index in [9.17, 15) is 19.2 Å². The molecule has 0 bridgehead atoms. The smallest absolute Gasteiger partial charge is 0.322 e. The minimum absolute atomic E-state index is 0.0440. The number of ether oxygens (including phenoxy) is 3. The third-order valence-electron chi connectivity index (χ3n) is 4.04. The second kappa shape index (κ2) is 19.7. The molecule has 0 saturated heterocycles. The van der Waals surface area contributed by atoms with Gasteiger partial charge in [-0.2, -0.15) is 0 Å². The highest BCUT2D eigenvalue weighted by molar-refractivity contribution is 5.83. The Balaban J connectivity index is 3.37. The first kappa shape index (κ1) is 28.8. The van der Waals surface area contributed by atoms with Crippen molar-refractivity contribution in [2.75, 3.05) is 59.3 Å². The minimum Gasteiger partial charge on any atom is -0.480 e. The Bertz CT molecular complexity index is 531. The van der Waals surface area contributed by atoms with Crippen molar-refractivity contribution in [2.45, 2.75) is 39.5 Å². The lowest BCUT2D eigenvalue weighted by molar-refractivity contribution is -0.138. The van der Waals surface area contributed by atoms with Crippen molar-refractivity contribution in [1.29, 1.82) is 0 Å². The zero-order valence-electron chi connectivity index (χ0n) is 18.6. The molecule has 0 heterocycles. The maximum atomic E-state index is 11.8. The first-order valence-corrected chi connectivity index (χ1v) is 10.6. The molecule has 0 aromatic rings. The van der Waals surface area contributed by atoms with Gasteiger partial charge in [0.25, 0.3) is 0 Å². The lowest BCUT2D eigenvalue weighted by Gasteiger charge is -2.11. The average Bonchev–Trinajstić information content (AvgIpc) is 2.72. The van der Waals surface area contributed by atoms with Gasteiger partial charge in [-0.1, -0.05) is 6.92 Å². The molecular weight excluding hydrogens is 410 g/mol. The van der Waals surface area contributed by atoms with E-state index in [4.69, 9.17) is 19.3 Å². The van der Waals surface area contributed by atoms with Crippen LogP contribution in [0.25, 0.3) is 0 Å². The summed E-state index contributed by atoms with van der Waals surface area (Å²) >= 11 is 0. The molecule has 1 atom stereocenters. The van der Waals surface area contributed by atoms with Gasteiger partial charge in [-0.3, -0.25) is 19.2 Å². The monoisotopic (exact) mass is 447 g/mol. The fraction of sp³-hybridized carbons (Fsp3) is 0.800. The molecule has 11 heteroatoms. The summed E-state index contributed by atoms with van der Waals surface area (Å²) in [6.45, 7) is 6.76. The lowest BCUT2D eigenvalue weighted by Crippen LogP contribution is -2.34. The Hall–Kier alpha value is -2.24. The van der Waals surface area contributed by atoms with Crippen molar-refractivity contribution in [2.24, 2.45) is 5.92 Å². The summed E-state index contributed by atoms with van der Waals surface area (Å²) in [5.41, 5.74) is 0. The summed E-state index contributed by atoms with van der Waals surface area (Å²) in [4.78, 5) is 44.5. The van der Waals surface area contributed by atoms with Crippen molar-refractivity contribution in [3.8, 4) is 0 Å². The number of carboxylic acid groups (broad SMARTS) is 1. The molecule has 0 aromatic heterocycles. The fourth-order valence-corrected chi connectivity index (χ4v) is 2.29. The number of aliphatic carboxylic acids is 1. The van der Waals surface area contributed by atoms with Crippen molar-refractivity contribution < 1.29 is 38.5 Å². The first-order chi connectivity index (χ1) is 14.8. The number of nitrogens with one attached hydrogen (secondary N) is 3. The van der Waals surface area contributed by atoms with Gasteiger partial charge in [0, 0.05) is 45.6 Å². The van der Waals surface area contributed by atoms with Crippen molar-refractivity contribution >= 4 is 23.7 Å². The van der Waals surface area contributed by atoms with Crippen molar-refractivity contribution in [1.82, 2.24) is 16.0 Å². The highest BCUT2D eigenvalue weighted by Crippen LogP contribution is 2.05. The molecule has 3 amide bonds. The van der Waals surface area contributed by atoms with Crippen LogP contribution in [0, 0.1) is 5.92 Å². The van der Waals surface area contributed by atoms with E-state index in [1.165, 1.54) is 6.92 Å². The summed E-state index contributed by atoms with van der Waals surface area (Å²) in [5, 5.41) is 16.3. The van der Waals surface area contributed by atoms with Gasteiger partial charge in [-0.25, -0.2) is 0 Å². The quantitative estimate of drug-likeness (QED) is 0.185. The van der Waals surface area contributed by atoms with Gasteiger partial charge in [0.1, 0.15) is 6.54 Å². The molecule has 0 aromatic carbocycles. The van der Waals surface area contributed by atoms with E-state index in [0.29, 0.717) is 65.6 Å². The van der Waals surface area contributed by atoms with Gasteiger partial charge in [0.15, 0.2) is 0 Å². The summed E-state index contributed by atoms with van der Waals surface area (Å²) in [6.07, 6.45) is 1.98. The van der Waals surface area contributed by atoms with E-state index in [1.807, 2.05) is 0 Å². The van der Waals surface area contributed by atoms with Gasteiger partial charge in [-0.05, 0) is 19.3 Å². The molecule has 0 aliphatic rings. The van der Waals surface area contributed by atoms with Gasteiger partial charge in [0.05, 0.1) is 26.4 Å². The van der Waals surface area contributed by atoms with Crippen LogP contribution in [0.1, 0.15) is 39.5 Å². The van der Waals surface area contributed by atoms with E-state index in [0.717, 1.165) is 6.42 Å². The number of rotatable bonds is 20. The van der Waals surface area contributed by atoms with E-state index in [2.05, 4.69) is 16.0 Å². The molecular formula is C20H37N3O8. The van der Waals surface area contributed by atoms with E-state index in [-0.39, 0.29) is 24.1 Å². The molecule has 11 nitrogen and oxygen atoms in total. The van der Waals surface area contributed by atoms with Crippen LogP contribution >= 0.6 is 0 Å². The summed E-state index contributed by atoms with van der Waals surface area (Å²) in [6, 6.07) is 0. The van der Waals surface area contributed by atoms with Crippen LogP contribution in [0.4, 0.5) is 0 Å². The third kappa shape index (κ3) is 20.8. The summed E-state index contributed by atoms with van der Waals surface area (Å²) in [5.74, 6) is -2.11. The van der Waals surface area contributed by atoms with E-state index in [1.54, 1.807) is 6.92 Å². The van der Waals surface area contributed by atoms with Crippen molar-refractivity contribution in [3.63, 3.8) is 0 Å². The van der Waals surface area contributed by atoms with Gasteiger partial charge >= 0.3 is 5.97 Å². The molecule has 0 spiro atoms. The SMILES string of the molecule is CC(=O)NCCCOCCOCCOCCCNC(=O)CC[C@H](C)C(=O)NCC(=O)O. The number of carbonyl (C=O) groups is 4. The molecule has 4 N–H and O–H groups in total. The maximum Gasteiger partial charge on any atom is 0.322 e. The highest BCUT2D eigenvalue weighted by atomic mass is 16.5. The highest BCUT2D eigenvalue weighted by Gasteiger charge is 2.15. The molecule has 0 aliphatic carbocycles. The molecule has 180 valence electrons. The van der Waals surface area contributed by atoms with Crippen LogP contribution in [-0.2, 0) is 33.4 Å². The molecule has 0 unspecified atom stereocenters. The van der Waals surface area contributed by atoms with E-state index < -0.39 is 18.4 Å². The van der Waals surface area contributed by atoms with E-state index >= 15 is 0 Å². The Kier molecular flexibility index (Phi) is 18.3. The van der Waals surface area contributed by atoms with Crippen LogP contribution in [0.2, 0.25) is 0 Å². The largest absolute Gasteiger partial charge is 0.480 e. The van der Waals surface area contributed by atoms with Gasteiger partial charge < -0.3 is 35.3 Å². The summed E-state index contributed by atoms with van der Waals surface area (Å²) < 4.78 is 16.2. The number of carboxylic acids is 1. The van der Waals surface area contributed by atoms with Crippen molar-refractivity contribution in [3.05, 3.63) is 0 Å². The first-order valence-electron chi connectivity index (χ1n) is 10.6. The zero-order chi connectivity index (χ0) is 23.3. The second-order valence-corrected chi connectivity index (χ2v) is 6.93. The molecule has 0 aliphatic heterocycles. The molecule has 0 saturated carbocycles. The fourth-order valence-electron chi connectivity index (χ4n) is 2.29. The van der Waals surface area contributed by atoms with Crippen LogP contribution in [0.3, 0.4) is 0 Å². The minimum atomic E-state index is -1.10. The Morgan fingerprint density at radius 2 is 1.32 bits per heavy atom. The van der Waals surface area contributed by atoms with Crippen LogP contribution < -0.4 is 16.0 Å². The van der Waals surface area contributed by atoms with Gasteiger partial charge in [-0.15, -0.1) is 0 Å². The topological polar surface area (TPSA) is 152 Å². The number of amides is 3. The number of hydrogen-bond acceptors (Lipinski definition) is 7. The molecule has 0 radical (unpaired) electrons. The maximum absolute atomic E-state index is 11.8. The normalized spacial score (nSPS) is 11.5. The average molecular weight is 448 g/mol. The van der Waals surface area contributed by atoms with Gasteiger partial charge in [0.2, 0.25) is 17.7 Å². The zero-order valence-corrected chi connectivity index (χ0v) is 18.6. The van der Waals surface area contributed by atoms with Crippen LogP contribution in [0.15, 0.2) is 0 Å². The third-order valence-corrected chi connectivity index (χ3v) is 4.04. The second-order valence-electron chi connectivity index (χ2n) is 6.93. The number of hydrogen-bond donors (Lipinski definition) is 4. The summed E-state index contributed by atoms with van der Waals surface area (Å²) in [7, 11) is 0. The molecule has 0 rings (SSSR count). The Labute approximate surface area is 183 Å². The van der Waals surface area contributed by atoms with Crippen LogP contribution in [0.5, 0.6) is 0 Å². The standard InChI is InChI=1S/C20H37N3O8/c1-16(20(28)23-15-19(26)27)5-6-18(25)22-8-4-10-30-12-14-31-13-11-29-9-3-7-21-17(2)24/h16H,3-15H2,1-2H3,(H,21,24)(H,22,25)(H,23,28)(H,26,27)/t16-/m0/s1.